The Labute approximate surface area is 169 Å². The van der Waals surface area contributed by atoms with E-state index in [1.54, 1.807) is 28.9 Å². The molecule has 0 saturated carbocycles. The third kappa shape index (κ3) is 4.43. The molecule has 2 aromatic heterocycles. The molecule has 0 fully saturated rings. The Kier molecular flexibility index (Phi) is 5.93. The van der Waals surface area contributed by atoms with Crippen LogP contribution in [0, 0.1) is 6.92 Å². The second-order valence-electron chi connectivity index (χ2n) is 7.17. The van der Waals surface area contributed by atoms with Gasteiger partial charge in [0.25, 0.3) is 5.91 Å². The molecule has 0 aliphatic rings. The van der Waals surface area contributed by atoms with Crippen LogP contribution in [0.4, 0.5) is 11.4 Å². The van der Waals surface area contributed by atoms with Crippen LogP contribution in [0.15, 0.2) is 30.3 Å². The number of ether oxygens (including phenoxy) is 1. The van der Waals surface area contributed by atoms with Gasteiger partial charge in [-0.2, -0.15) is 5.10 Å². The largest absolute Gasteiger partial charge is 0.375 e. The van der Waals surface area contributed by atoms with Crippen LogP contribution in [0.25, 0.3) is 11.0 Å². The summed E-state index contributed by atoms with van der Waals surface area (Å²) >= 11 is 0. The summed E-state index contributed by atoms with van der Waals surface area (Å²) in [4.78, 5) is 29.5. The molecule has 29 heavy (non-hydrogen) atoms. The molecular formula is C21H25N5O3. The summed E-state index contributed by atoms with van der Waals surface area (Å²) in [5, 5.41) is 10.8. The molecule has 0 unspecified atom stereocenters. The van der Waals surface area contributed by atoms with E-state index >= 15 is 0 Å². The van der Waals surface area contributed by atoms with Crippen molar-refractivity contribution >= 4 is 34.2 Å². The van der Waals surface area contributed by atoms with Crippen LogP contribution >= 0.6 is 0 Å². The number of fused-ring (bicyclic) bond motifs is 1. The van der Waals surface area contributed by atoms with Crippen molar-refractivity contribution in [1.82, 2.24) is 14.8 Å². The number of benzene rings is 1. The molecular weight excluding hydrogens is 370 g/mol. The Bertz CT molecular complexity index is 1070. The first kappa shape index (κ1) is 20.5. The third-order valence-corrected chi connectivity index (χ3v) is 4.50. The van der Waals surface area contributed by atoms with Gasteiger partial charge in [-0.05, 0) is 37.1 Å². The summed E-state index contributed by atoms with van der Waals surface area (Å²) in [7, 11) is 3.28. The van der Waals surface area contributed by atoms with Crippen molar-refractivity contribution in [2.45, 2.75) is 26.7 Å². The molecule has 0 saturated heterocycles. The average molecular weight is 395 g/mol. The number of aromatic nitrogens is 3. The van der Waals surface area contributed by atoms with Gasteiger partial charge in [0.2, 0.25) is 5.91 Å². The van der Waals surface area contributed by atoms with Gasteiger partial charge in [-0.3, -0.25) is 14.3 Å². The smallest absolute Gasteiger partial charge is 0.256 e. The minimum absolute atomic E-state index is 0.0378. The normalized spacial score (nSPS) is 11.1. The molecule has 152 valence electrons. The van der Waals surface area contributed by atoms with Crippen LogP contribution in [0.5, 0.6) is 0 Å². The number of aryl methyl sites for hydroxylation is 2. The van der Waals surface area contributed by atoms with E-state index in [0.29, 0.717) is 22.6 Å². The monoisotopic (exact) mass is 395 g/mol. The minimum atomic E-state index is -0.264. The van der Waals surface area contributed by atoms with E-state index in [0.717, 1.165) is 16.8 Å². The van der Waals surface area contributed by atoms with E-state index in [-0.39, 0.29) is 24.3 Å². The van der Waals surface area contributed by atoms with Crippen molar-refractivity contribution in [3.05, 3.63) is 47.3 Å². The first-order valence-corrected chi connectivity index (χ1v) is 9.34. The molecule has 0 bridgehead atoms. The summed E-state index contributed by atoms with van der Waals surface area (Å²) in [6.45, 7) is 5.89. The summed E-state index contributed by atoms with van der Waals surface area (Å²) in [6.07, 6.45) is 0. The van der Waals surface area contributed by atoms with Crippen LogP contribution in [-0.2, 0) is 16.6 Å². The number of amides is 2. The Morgan fingerprint density at radius 3 is 2.52 bits per heavy atom. The number of carbonyl (C=O) groups is 2. The van der Waals surface area contributed by atoms with Crippen molar-refractivity contribution in [1.29, 1.82) is 0 Å². The van der Waals surface area contributed by atoms with Gasteiger partial charge in [0.1, 0.15) is 6.61 Å². The maximum absolute atomic E-state index is 13.1. The van der Waals surface area contributed by atoms with Crippen LogP contribution in [0.3, 0.4) is 0 Å². The molecule has 0 atom stereocenters. The molecule has 2 N–H and O–H groups in total. The highest BCUT2D eigenvalue weighted by atomic mass is 16.5. The topological polar surface area (TPSA) is 98.1 Å². The number of pyridine rings is 1. The van der Waals surface area contributed by atoms with E-state index in [4.69, 9.17) is 4.74 Å². The number of anilines is 2. The molecule has 0 spiro atoms. The van der Waals surface area contributed by atoms with Crippen LogP contribution in [0.2, 0.25) is 0 Å². The maximum atomic E-state index is 13.1. The second kappa shape index (κ2) is 8.40. The number of rotatable bonds is 6. The highest BCUT2D eigenvalue weighted by molar-refractivity contribution is 6.13. The second-order valence-corrected chi connectivity index (χ2v) is 7.17. The maximum Gasteiger partial charge on any atom is 0.256 e. The van der Waals surface area contributed by atoms with Crippen molar-refractivity contribution < 1.29 is 14.3 Å². The average Bonchev–Trinajstić information content (AvgIpc) is 2.95. The van der Waals surface area contributed by atoms with Crippen molar-refractivity contribution in [3.63, 3.8) is 0 Å². The molecule has 3 aromatic rings. The standard InChI is InChI=1S/C21H25N5O3/c1-12(2)17-10-16(19-13(3)25-26(4)20(19)24-17)21(28)23-15-8-6-7-14(9-15)22-18(27)11-29-5/h6-10,12H,11H2,1-5H3,(H,22,27)(H,23,28). The minimum Gasteiger partial charge on any atom is -0.375 e. The van der Waals surface area contributed by atoms with Gasteiger partial charge in [-0.25, -0.2) is 4.98 Å². The number of carbonyl (C=O) groups excluding carboxylic acids is 2. The van der Waals surface area contributed by atoms with Gasteiger partial charge >= 0.3 is 0 Å². The summed E-state index contributed by atoms with van der Waals surface area (Å²) in [6, 6.07) is 8.79. The highest BCUT2D eigenvalue weighted by Crippen LogP contribution is 2.26. The first-order chi connectivity index (χ1) is 13.8. The van der Waals surface area contributed by atoms with Gasteiger partial charge in [-0.15, -0.1) is 0 Å². The first-order valence-electron chi connectivity index (χ1n) is 9.34. The van der Waals surface area contributed by atoms with Crippen molar-refractivity contribution in [3.8, 4) is 0 Å². The van der Waals surface area contributed by atoms with E-state index in [2.05, 4.69) is 20.7 Å². The van der Waals surface area contributed by atoms with Gasteiger partial charge in [0.05, 0.1) is 16.6 Å². The predicted molar refractivity (Wildman–Crippen MR) is 112 cm³/mol. The lowest BCUT2D eigenvalue weighted by molar-refractivity contribution is -0.119. The summed E-state index contributed by atoms with van der Waals surface area (Å²) in [5.41, 5.74) is 3.92. The zero-order valence-corrected chi connectivity index (χ0v) is 17.2. The Morgan fingerprint density at radius 1 is 1.17 bits per heavy atom. The third-order valence-electron chi connectivity index (χ3n) is 4.50. The number of nitrogens with zero attached hydrogens (tertiary/aromatic N) is 3. The van der Waals surface area contributed by atoms with Gasteiger partial charge in [0.15, 0.2) is 5.65 Å². The van der Waals surface area contributed by atoms with E-state index in [1.165, 1.54) is 7.11 Å². The van der Waals surface area contributed by atoms with E-state index in [9.17, 15) is 9.59 Å². The number of nitrogens with one attached hydrogen (secondary N) is 2. The van der Waals surface area contributed by atoms with Crippen molar-refractivity contribution in [2.75, 3.05) is 24.4 Å². The zero-order valence-electron chi connectivity index (χ0n) is 17.2. The molecule has 8 nitrogen and oxygen atoms in total. The summed E-state index contributed by atoms with van der Waals surface area (Å²) in [5.74, 6) is -0.351. The number of hydrogen-bond donors (Lipinski definition) is 2. The van der Waals surface area contributed by atoms with E-state index < -0.39 is 0 Å². The number of hydrogen-bond acceptors (Lipinski definition) is 5. The van der Waals surface area contributed by atoms with E-state index in [1.807, 2.05) is 33.9 Å². The fraction of sp³-hybridized carbons (Fsp3) is 0.333. The Morgan fingerprint density at radius 2 is 1.86 bits per heavy atom. The predicted octanol–water partition coefficient (Wildman–Crippen LogP) is 3.24. The lowest BCUT2D eigenvalue weighted by Crippen LogP contribution is -2.17. The van der Waals surface area contributed by atoms with Gasteiger partial charge in [0, 0.05) is 31.2 Å². The van der Waals surface area contributed by atoms with Gasteiger partial charge in [-0.1, -0.05) is 19.9 Å². The number of methoxy groups -OCH3 is 1. The molecule has 0 aliphatic carbocycles. The summed E-state index contributed by atoms with van der Waals surface area (Å²) < 4.78 is 6.51. The fourth-order valence-electron chi connectivity index (χ4n) is 3.14. The zero-order chi connectivity index (χ0) is 21.1. The molecule has 8 heteroatoms. The Hall–Kier alpha value is -3.26. The van der Waals surface area contributed by atoms with Crippen molar-refractivity contribution in [2.24, 2.45) is 7.05 Å². The lowest BCUT2D eigenvalue weighted by atomic mass is 10.0. The van der Waals surface area contributed by atoms with Gasteiger partial charge < -0.3 is 15.4 Å². The molecule has 1 aromatic carbocycles. The highest BCUT2D eigenvalue weighted by Gasteiger charge is 2.20. The molecule has 2 amide bonds. The molecule has 2 heterocycles. The molecule has 0 radical (unpaired) electrons. The van der Waals surface area contributed by atoms with Crippen LogP contribution in [-0.4, -0.2) is 40.3 Å². The molecule has 3 rings (SSSR count). The Balaban J connectivity index is 1.93. The quantitative estimate of drug-likeness (QED) is 0.668. The lowest BCUT2D eigenvalue weighted by Gasteiger charge is -2.12. The van der Waals surface area contributed by atoms with Crippen LogP contribution in [0.1, 0.15) is 41.5 Å². The van der Waals surface area contributed by atoms with Crippen LogP contribution < -0.4 is 10.6 Å². The SMILES string of the molecule is COCC(=O)Nc1cccc(NC(=O)c2cc(C(C)C)nc3c2c(C)nn3C)c1. The molecule has 0 aliphatic heterocycles. The fourth-order valence-corrected chi connectivity index (χ4v) is 3.14.